The topological polar surface area (TPSA) is 35.0 Å². The molecule has 1 aromatic heterocycles. The van der Waals surface area contributed by atoms with Gasteiger partial charge in [-0.15, -0.1) is 10.2 Å². The van der Waals surface area contributed by atoms with Gasteiger partial charge in [0.25, 0.3) is 0 Å². The highest BCUT2D eigenvalue weighted by Gasteiger charge is 2.29. The van der Waals surface area contributed by atoms with E-state index < -0.39 is 11.7 Å². The molecule has 0 unspecified atom stereocenters. The summed E-state index contributed by atoms with van der Waals surface area (Å²) < 4.78 is 42.8. The molecule has 0 saturated heterocycles. The van der Waals surface area contributed by atoms with Crippen molar-refractivity contribution in [2.45, 2.75) is 17.0 Å². The lowest BCUT2D eigenvalue weighted by Gasteiger charge is -2.07. The van der Waals surface area contributed by atoms with Crippen molar-refractivity contribution in [2.75, 3.05) is 7.11 Å². The quantitative estimate of drug-likeness (QED) is 0.554. The first-order valence-electron chi connectivity index (χ1n) is 7.73. The molecule has 0 aliphatic rings. The molecule has 0 atom stereocenters. The second-order valence-electron chi connectivity index (χ2n) is 5.47. The Balaban J connectivity index is 1.62. The average Bonchev–Trinajstić information content (AvgIpc) is 2.66. The van der Waals surface area contributed by atoms with Crippen LogP contribution in [0.3, 0.4) is 0 Å². The van der Waals surface area contributed by atoms with Crippen LogP contribution in [-0.4, -0.2) is 17.3 Å². The van der Waals surface area contributed by atoms with Gasteiger partial charge in [0.1, 0.15) is 10.8 Å². The van der Waals surface area contributed by atoms with Crippen molar-refractivity contribution in [3.05, 3.63) is 71.8 Å². The summed E-state index contributed by atoms with van der Waals surface area (Å²) in [5, 5.41) is 9.08. The normalized spacial score (nSPS) is 11.4. The summed E-state index contributed by atoms with van der Waals surface area (Å²) in [6, 6.07) is 16.4. The summed E-state index contributed by atoms with van der Waals surface area (Å²) in [4.78, 5) is 0. The Kier molecular flexibility index (Phi) is 5.46. The van der Waals surface area contributed by atoms with Crippen LogP contribution >= 0.6 is 11.8 Å². The third-order valence-corrected chi connectivity index (χ3v) is 4.69. The van der Waals surface area contributed by atoms with Crippen molar-refractivity contribution in [3.63, 3.8) is 0 Å². The number of halogens is 3. The van der Waals surface area contributed by atoms with Gasteiger partial charge in [0.05, 0.1) is 18.4 Å². The highest BCUT2D eigenvalue weighted by molar-refractivity contribution is 7.98. The van der Waals surface area contributed by atoms with Crippen LogP contribution in [0.5, 0.6) is 5.75 Å². The third kappa shape index (κ3) is 4.54. The molecular weight excluding hydrogens is 361 g/mol. The van der Waals surface area contributed by atoms with Crippen molar-refractivity contribution < 1.29 is 17.9 Å². The number of methoxy groups -OCH3 is 1. The van der Waals surface area contributed by atoms with Gasteiger partial charge in [0, 0.05) is 11.3 Å². The zero-order valence-corrected chi connectivity index (χ0v) is 14.6. The minimum Gasteiger partial charge on any atom is -0.497 e. The lowest BCUT2D eigenvalue weighted by Crippen LogP contribution is -2.04. The summed E-state index contributed by atoms with van der Waals surface area (Å²) in [6.45, 7) is 0. The number of hydrogen-bond donors (Lipinski definition) is 0. The lowest BCUT2D eigenvalue weighted by atomic mass is 10.1. The minimum atomic E-state index is -4.31. The van der Waals surface area contributed by atoms with Gasteiger partial charge in [-0.05, 0) is 54.1 Å². The third-order valence-electron chi connectivity index (χ3n) is 3.69. The Labute approximate surface area is 153 Å². The maximum absolute atomic E-state index is 12.6. The summed E-state index contributed by atoms with van der Waals surface area (Å²) in [5.41, 5.74) is 1.82. The predicted molar refractivity (Wildman–Crippen MR) is 95.0 cm³/mol. The van der Waals surface area contributed by atoms with Crippen LogP contribution in [0.4, 0.5) is 13.2 Å². The first-order chi connectivity index (χ1) is 12.5. The summed E-state index contributed by atoms with van der Waals surface area (Å²) in [7, 11) is 1.61. The molecule has 2 aromatic carbocycles. The molecule has 7 heteroatoms. The van der Waals surface area contributed by atoms with E-state index in [-0.39, 0.29) is 0 Å². The summed E-state index contributed by atoms with van der Waals surface area (Å²) in [6.07, 6.45) is -4.31. The van der Waals surface area contributed by atoms with Gasteiger partial charge in [-0.1, -0.05) is 23.9 Å². The Morgan fingerprint density at radius 2 is 1.58 bits per heavy atom. The van der Waals surface area contributed by atoms with Gasteiger partial charge in [-0.2, -0.15) is 13.2 Å². The molecule has 0 bridgehead atoms. The summed E-state index contributed by atoms with van der Waals surface area (Å²) >= 11 is 1.42. The molecule has 0 spiro atoms. The fraction of sp³-hybridized carbons (Fsp3) is 0.158. The molecule has 0 aliphatic heterocycles. The Morgan fingerprint density at radius 1 is 0.885 bits per heavy atom. The number of ether oxygens (including phenoxy) is 1. The van der Waals surface area contributed by atoms with E-state index in [1.807, 2.05) is 36.4 Å². The van der Waals surface area contributed by atoms with Crippen LogP contribution in [0.15, 0.2) is 65.7 Å². The standard InChI is InChI=1S/C19H15F3N2OS/c1-25-16-8-4-14(5-9-16)17-10-11-18(24-23-17)26-12-13-2-6-15(7-3-13)19(20,21)22/h2-11H,12H2,1H3. The minimum absolute atomic E-state index is 0.523. The van der Waals surface area contributed by atoms with Crippen LogP contribution in [0.25, 0.3) is 11.3 Å². The molecule has 3 nitrogen and oxygen atoms in total. The van der Waals surface area contributed by atoms with Crippen LogP contribution in [0, 0.1) is 0 Å². The predicted octanol–water partition coefficient (Wildman–Crippen LogP) is 5.46. The molecule has 1 heterocycles. The lowest BCUT2D eigenvalue weighted by molar-refractivity contribution is -0.137. The molecule has 26 heavy (non-hydrogen) atoms. The van der Waals surface area contributed by atoms with E-state index in [9.17, 15) is 13.2 Å². The van der Waals surface area contributed by atoms with Crippen molar-refractivity contribution in [2.24, 2.45) is 0 Å². The largest absolute Gasteiger partial charge is 0.497 e. The van der Waals surface area contributed by atoms with Gasteiger partial charge in [0.2, 0.25) is 0 Å². The zero-order chi connectivity index (χ0) is 18.6. The SMILES string of the molecule is COc1ccc(-c2ccc(SCc3ccc(C(F)(F)F)cc3)nn2)cc1. The van der Waals surface area contributed by atoms with Crippen LogP contribution in [-0.2, 0) is 11.9 Å². The van der Waals surface area contributed by atoms with Gasteiger partial charge >= 0.3 is 6.18 Å². The van der Waals surface area contributed by atoms with E-state index >= 15 is 0 Å². The smallest absolute Gasteiger partial charge is 0.416 e. The Hall–Kier alpha value is -2.54. The van der Waals surface area contributed by atoms with E-state index in [1.165, 1.54) is 23.9 Å². The number of hydrogen-bond acceptors (Lipinski definition) is 4. The first-order valence-corrected chi connectivity index (χ1v) is 8.71. The molecule has 0 fully saturated rings. The van der Waals surface area contributed by atoms with Gasteiger partial charge in [-0.3, -0.25) is 0 Å². The first kappa shape index (κ1) is 18.3. The second kappa shape index (κ2) is 7.78. The number of aromatic nitrogens is 2. The van der Waals surface area contributed by atoms with Crippen LogP contribution in [0.2, 0.25) is 0 Å². The van der Waals surface area contributed by atoms with Crippen molar-refractivity contribution in [1.82, 2.24) is 10.2 Å². The van der Waals surface area contributed by atoms with Crippen molar-refractivity contribution in [3.8, 4) is 17.0 Å². The zero-order valence-electron chi connectivity index (χ0n) is 13.8. The highest BCUT2D eigenvalue weighted by Crippen LogP contribution is 2.30. The molecule has 0 N–H and O–H groups in total. The maximum atomic E-state index is 12.6. The molecule has 3 rings (SSSR count). The molecule has 0 aliphatic carbocycles. The van der Waals surface area contributed by atoms with E-state index in [4.69, 9.17) is 4.74 Å². The molecule has 134 valence electrons. The van der Waals surface area contributed by atoms with Crippen LogP contribution < -0.4 is 4.74 Å². The van der Waals surface area contributed by atoms with E-state index in [0.717, 1.165) is 34.7 Å². The fourth-order valence-corrected chi connectivity index (χ4v) is 3.03. The molecule has 3 aromatic rings. The van der Waals surface area contributed by atoms with Crippen LogP contribution in [0.1, 0.15) is 11.1 Å². The Morgan fingerprint density at radius 3 is 2.12 bits per heavy atom. The average molecular weight is 376 g/mol. The highest BCUT2D eigenvalue weighted by atomic mass is 32.2. The van der Waals surface area contributed by atoms with Gasteiger partial charge in [0.15, 0.2) is 0 Å². The second-order valence-corrected chi connectivity index (χ2v) is 6.46. The van der Waals surface area contributed by atoms with E-state index in [1.54, 1.807) is 7.11 Å². The fourth-order valence-electron chi connectivity index (χ4n) is 2.26. The summed E-state index contributed by atoms with van der Waals surface area (Å²) in [5.74, 6) is 1.29. The molecular formula is C19H15F3N2OS. The molecule has 0 radical (unpaired) electrons. The molecule has 0 saturated carbocycles. The molecule has 0 amide bonds. The van der Waals surface area contributed by atoms with Gasteiger partial charge in [-0.25, -0.2) is 0 Å². The number of thioether (sulfide) groups is 1. The van der Waals surface area contributed by atoms with Crippen molar-refractivity contribution >= 4 is 11.8 Å². The number of benzene rings is 2. The number of rotatable bonds is 5. The maximum Gasteiger partial charge on any atom is 0.416 e. The number of alkyl halides is 3. The van der Waals surface area contributed by atoms with E-state index in [0.29, 0.717) is 10.8 Å². The van der Waals surface area contributed by atoms with Gasteiger partial charge < -0.3 is 4.74 Å². The Bertz CT molecular complexity index is 848. The van der Waals surface area contributed by atoms with E-state index in [2.05, 4.69) is 10.2 Å². The monoisotopic (exact) mass is 376 g/mol. The van der Waals surface area contributed by atoms with Crippen molar-refractivity contribution in [1.29, 1.82) is 0 Å². The number of nitrogens with zero attached hydrogens (tertiary/aromatic N) is 2.